The summed E-state index contributed by atoms with van der Waals surface area (Å²) in [7, 11) is 2.08. The Labute approximate surface area is 75.9 Å². The summed E-state index contributed by atoms with van der Waals surface area (Å²) in [6.07, 6.45) is 6.50. The highest BCUT2D eigenvalue weighted by atomic mass is 14.9. The van der Waals surface area contributed by atoms with Gasteiger partial charge in [-0.3, -0.25) is 0 Å². The Kier molecular flexibility index (Phi) is 4.18. The van der Waals surface area contributed by atoms with Gasteiger partial charge in [0.15, 0.2) is 0 Å². The largest absolute Gasteiger partial charge is 0.317 e. The summed E-state index contributed by atoms with van der Waals surface area (Å²) in [5.74, 6) is 7.02. The lowest BCUT2D eigenvalue weighted by molar-refractivity contribution is 0.459. The minimum atomic E-state index is 0.767. The molecule has 0 aromatic rings. The second-order valence-corrected chi connectivity index (χ2v) is 3.55. The van der Waals surface area contributed by atoms with Gasteiger partial charge >= 0.3 is 0 Å². The van der Waals surface area contributed by atoms with Crippen molar-refractivity contribution in [3.63, 3.8) is 0 Å². The molecule has 1 rings (SSSR count). The van der Waals surface area contributed by atoms with E-state index in [4.69, 9.17) is 0 Å². The first-order chi connectivity index (χ1) is 5.88. The number of hydrogen-bond acceptors (Lipinski definition) is 1. The molecule has 12 heavy (non-hydrogen) atoms. The summed E-state index contributed by atoms with van der Waals surface area (Å²) >= 11 is 0. The average molecular weight is 165 g/mol. The van der Waals surface area contributed by atoms with Crippen LogP contribution in [0.1, 0.15) is 39.0 Å². The van der Waals surface area contributed by atoms with Gasteiger partial charge in [-0.1, -0.05) is 0 Å². The fraction of sp³-hybridized carbons (Fsp3) is 0.818. The SMILES string of the molecule is CC#CCCCC(NC)C1CC1. The van der Waals surface area contributed by atoms with Crippen LogP contribution in [0.4, 0.5) is 0 Å². The fourth-order valence-corrected chi connectivity index (χ4v) is 1.65. The highest BCUT2D eigenvalue weighted by molar-refractivity contribution is 4.95. The second-order valence-electron chi connectivity index (χ2n) is 3.55. The molecule has 0 amide bonds. The molecule has 1 atom stereocenters. The first-order valence-electron chi connectivity index (χ1n) is 4.95. The van der Waals surface area contributed by atoms with Gasteiger partial charge in [-0.2, -0.15) is 0 Å². The van der Waals surface area contributed by atoms with Crippen LogP contribution < -0.4 is 5.32 Å². The van der Waals surface area contributed by atoms with Gasteiger partial charge in [-0.15, -0.1) is 11.8 Å². The maximum Gasteiger partial charge on any atom is 0.00926 e. The summed E-state index contributed by atoms with van der Waals surface area (Å²) in [5, 5.41) is 3.39. The molecule has 1 heteroatoms. The Morgan fingerprint density at radius 3 is 2.75 bits per heavy atom. The van der Waals surface area contributed by atoms with Crippen LogP contribution in [0.5, 0.6) is 0 Å². The van der Waals surface area contributed by atoms with E-state index in [9.17, 15) is 0 Å². The van der Waals surface area contributed by atoms with Crippen LogP contribution >= 0.6 is 0 Å². The molecule has 1 unspecified atom stereocenters. The molecule has 0 aromatic carbocycles. The molecular formula is C11H19N. The summed E-state index contributed by atoms with van der Waals surface area (Å²) < 4.78 is 0. The molecule has 1 fully saturated rings. The predicted octanol–water partition coefficient (Wildman–Crippen LogP) is 2.18. The molecule has 1 aliphatic rings. The molecule has 1 N–H and O–H groups in total. The number of rotatable bonds is 5. The zero-order chi connectivity index (χ0) is 8.81. The molecule has 0 aromatic heterocycles. The van der Waals surface area contributed by atoms with E-state index in [1.807, 2.05) is 6.92 Å². The minimum absolute atomic E-state index is 0.767. The van der Waals surface area contributed by atoms with Crippen LogP contribution in [-0.2, 0) is 0 Å². The highest BCUT2D eigenvalue weighted by Crippen LogP contribution is 2.34. The van der Waals surface area contributed by atoms with Crippen molar-refractivity contribution in [3.8, 4) is 11.8 Å². The van der Waals surface area contributed by atoms with Gasteiger partial charge in [0.2, 0.25) is 0 Å². The Balaban J connectivity index is 2.05. The van der Waals surface area contributed by atoms with E-state index in [-0.39, 0.29) is 0 Å². The van der Waals surface area contributed by atoms with Crippen molar-refractivity contribution in [2.45, 2.75) is 45.1 Å². The maximum absolute atomic E-state index is 3.39. The van der Waals surface area contributed by atoms with Gasteiger partial charge in [0, 0.05) is 12.5 Å². The van der Waals surface area contributed by atoms with Crippen LogP contribution in [-0.4, -0.2) is 13.1 Å². The molecule has 68 valence electrons. The van der Waals surface area contributed by atoms with E-state index >= 15 is 0 Å². The van der Waals surface area contributed by atoms with Gasteiger partial charge in [0.05, 0.1) is 0 Å². The number of hydrogen-bond donors (Lipinski definition) is 1. The summed E-state index contributed by atoms with van der Waals surface area (Å²) in [5.41, 5.74) is 0. The van der Waals surface area contributed by atoms with Crippen LogP contribution in [0.25, 0.3) is 0 Å². The Morgan fingerprint density at radius 2 is 2.25 bits per heavy atom. The van der Waals surface area contributed by atoms with Gasteiger partial charge in [-0.25, -0.2) is 0 Å². The third-order valence-electron chi connectivity index (χ3n) is 2.56. The average Bonchev–Trinajstić information content (AvgIpc) is 2.88. The van der Waals surface area contributed by atoms with E-state index in [2.05, 4.69) is 24.2 Å². The molecule has 1 saturated carbocycles. The van der Waals surface area contributed by atoms with Crippen molar-refractivity contribution in [1.82, 2.24) is 5.32 Å². The van der Waals surface area contributed by atoms with Crippen molar-refractivity contribution in [3.05, 3.63) is 0 Å². The molecule has 0 bridgehead atoms. The molecule has 0 saturated heterocycles. The number of nitrogens with one attached hydrogen (secondary N) is 1. The predicted molar refractivity (Wildman–Crippen MR) is 52.9 cm³/mol. The van der Waals surface area contributed by atoms with Crippen molar-refractivity contribution in [2.24, 2.45) is 5.92 Å². The smallest absolute Gasteiger partial charge is 0.00926 e. The topological polar surface area (TPSA) is 12.0 Å². The summed E-state index contributed by atoms with van der Waals surface area (Å²) in [6.45, 7) is 1.91. The molecule has 0 aliphatic heterocycles. The van der Waals surface area contributed by atoms with Crippen molar-refractivity contribution < 1.29 is 0 Å². The molecule has 0 radical (unpaired) electrons. The van der Waals surface area contributed by atoms with Crippen molar-refractivity contribution in [1.29, 1.82) is 0 Å². The monoisotopic (exact) mass is 165 g/mol. The third-order valence-corrected chi connectivity index (χ3v) is 2.56. The van der Waals surface area contributed by atoms with Crippen LogP contribution in [0.15, 0.2) is 0 Å². The second kappa shape index (κ2) is 5.22. The minimum Gasteiger partial charge on any atom is -0.317 e. The normalized spacial score (nSPS) is 18.2. The zero-order valence-electron chi connectivity index (χ0n) is 8.19. The van der Waals surface area contributed by atoms with Crippen LogP contribution in [0.2, 0.25) is 0 Å². The Bertz CT molecular complexity index is 171. The van der Waals surface area contributed by atoms with Crippen LogP contribution in [0.3, 0.4) is 0 Å². The standard InChI is InChI=1S/C11H19N/c1-3-4-5-6-7-11(12-2)10-8-9-10/h10-12H,5-9H2,1-2H3. The maximum atomic E-state index is 3.39. The first kappa shape index (κ1) is 9.61. The quantitative estimate of drug-likeness (QED) is 0.486. The summed E-state index contributed by atoms with van der Waals surface area (Å²) in [6, 6.07) is 0.767. The van der Waals surface area contributed by atoms with E-state index in [0.29, 0.717) is 0 Å². The van der Waals surface area contributed by atoms with E-state index in [1.165, 1.54) is 25.7 Å². The lowest BCUT2D eigenvalue weighted by atomic mass is 10.1. The molecule has 0 heterocycles. The molecule has 0 spiro atoms. The lowest BCUT2D eigenvalue weighted by Crippen LogP contribution is -2.26. The van der Waals surface area contributed by atoms with E-state index < -0.39 is 0 Å². The third kappa shape index (κ3) is 3.28. The highest BCUT2D eigenvalue weighted by Gasteiger charge is 2.29. The Hall–Kier alpha value is -0.480. The molecule has 1 nitrogen and oxygen atoms in total. The van der Waals surface area contributed by atoms with Crippen molar-refractivity contribution in [2.75, 3.05) is 7.05 Å². The zero-order valence-corrected chi connectivity index (χ0v) is 8.19. The first-order valence-corrected chi connectivity index (χ1v) is 4.95. The van der Waals surface area contributed by atoms with Gasteiger partial charge in [0.25, 0.3) is 0 Å². The lowest BCUT2D eigenvalue weighted by Gasteiger charge is -2.13. The van der Waals surface area contributed by atoms with Gasteiger partial charge in [-0.05, 0) is 45.6 Å². The van der Waals surface area contributed by atoms with Gasteiger partial charge < -0.3 is 5.32 Å². The number of unbranched alkanes of at least 4 members (excludes halogenated alkanes) is 1. The van der Waals surface area contributed by atoms with E-state index in [0.717, 1.165) is 18.4 Å². The van der Waals surface area contributed by atoms with Crippen molar-refractivity contribution >= 4 is 0 Å². The Morgan fingerprint density at radius 1 is 1.50 bits per heavy atom. The fourth-order valence-electron chi connectivity index (χ4n) is 1.65. The summed E-state index contributed by atoms with van der Waals surface area (Å²) in [4.78, 5) is 0. The van der Waals surface area contributed by atoms with E-state index in [1.54, 1.807) is 0 Å². The molecule has 1 aliphatic carbocycles. The van der Waals surface area contributed by atoms with Gasteiger partial charge in [0.1, 0.15) is 0 Å². The molecular weight excluding hydrogens is 146 g/mol. The van der Waals surface area contributed by atoms with Crippen LogP contribution in [0, 0.1) is 17.8 Å².